The highest BCUT2D eigenvalue weighted by molar-refractivity contribution is 6.21. The van der Waals surface area contributed by atoms with Gasteiger partial charge in [-0.1, -0.05) is 30.3 Å². The lowest BCUT2D eigenvalue weighted by molar-refractivity contribution is -0.258. The number of guanidine groups is 2. The Labute approximate surface area is 210 Å². The number of fused-ring (bicyclic) bond motifs is 1. The number of rotatable bonds is 4. The van der Waals surface area contributed by atoms with Crippen molar-refractivity contribution in [3.05, 3.63) is 71.3 Å². The number of hydrogen-bond donors (Lipinski definition) is 7. The molecule has 3 saturated heterocycles. The molecule has 6 rings (SSSR count). The maximum Gasteiger partial charge on any atom is 0.338 e. The van der Waals surface area contributed by atoms with E-state index in [9.17, 15) is 24.6 Å². The van der Waals surface area contributed by atoms with Crippen LogP contribution in [0.1, 0.15) is 31.1 Å². The molecule has 2 amide bonds. The number of esters is 1. The average molecular weight is 505 g/mol. The molecule has 0 aromatic heterocycles. The number of hydrogen-bond acceptors (Lipinski definition) is 8. The first-order chi connectivity index (χ1) is 17.6. The second-order valence-corrected chi connectivity index (χ2v) is 9.35. The van der Waals surface area contributed by atoms with Gasteiger partial charge in [-0.3, -0.25) is 25.3 Å². The highest BCUT2D eigenvalue weighted by Crippen LogP contribution is 2.44. The van der Waals surface area contributed by atoms with Crippen molar-refractivity contribution in [2.45, 2.75) is 29.6 Å². The van der Waals surface area contributed by atoms with Crippen LogP contribution in [0, 0.1) is 10.8 Å². The highest BCUT2D eigenvalue weighted by atomic mass is 16.6. The zero-order valence-corrected chi connectivity index (χ0v) is 19.3. The smallest absolute Gasteiger partial charge is 0.338 e. The fraction of sp³-hybridized carbons (Fsp3) is 0.292. The van der Waals surface area contributed by atoms with E-state index in [-0.39, 0.29) is 41.7 Å². The SMILES string of the molecule is N=C1NC2C(CN3C(=O)c4ccccc4C3=O)NC(=N)N3C[C@H](OC(=O)c4ccccc4)C(O)(O)C23N1. The molecule has 0 bridgehead atoms. The molecule has 7 N–H and O–H groups in total. The molecule has 13 heteroatoms. The van der Waals surface area contributed by atoms with Gasteiger partial charge in [0.15, 0.2) is 23.7 Å². The molecule has 2 aromatic carbocycles. The summed E-state index contributed by atoms with van der Waals surface area (Å²) in [4.78, 5) is 40.9. The Morgan fingerprint density at radius 1 is 1.00 bits per heavy atom. The van der Waals surface area contributed by atoms with Crippen molar-refractivity contribution in [3.8, 4) is 0 Å². The van der Waals surface area contributed by atoms with Crippen molar-refractivity contribution in [1.29, 1.82) is 10.8 Å². The van der Waals surface area contributed by atoms with Gasteiger partial charge in [0.1, 0.15) is 0 Å². The van der Waals surface area contributed by atoms with Gasteiger partial charge in [0, 0.05) is 0 Å². The van der Waals surface area contributed by atoms with Crippen LogP contribution in [-0.2, 0) is 4.74 Å². The van der Waals surface area contributed by atoms with Crippen LogP contribution in [0.3, 0.4) is 0 Å². The van der Waals surface area contributed by atoms with Gasteiger partial charge in [0.05, 0.1) is 41.9 Å². The molecular weight excluding hydrogens is 482 g/mol. The van der Waals surface area contributed by atoms with Gasteiger partial charge in [-0.15, -0.1) is 0 Å². The molecule has 0 saturated carbocycles. The molecule has 1 spiro atoms. The molecule has 13 nitrogen and oxygen atoms in total. The van der Waals surface area contributed by atoms with Crippen LogP contribution in [0.5, 0.6) is 0 Å². The Morgan fingerprint density at radius 2 is 1.62 bits per heavy atom. The number of carbonyl (C=O) groups is 3. The minimum Gasteiger partial charge on any atom is -0.451 e. The lowest BCUT2D eigenvalue weighted by Crippen LogP contribution is -2.81. The van der Waals surface area contributed by atoms with Crippen molar-refractivity contribution in [2.75, 3.05) is 13.1 Å². The third-order valence-electron chi connectivity index (χ3n) is 7.36. The number of amides is 2. The van der Waals surface area contributed by atoms with Crippen molar-refractivity contribution in [3.63, 3.8) is 0 Å². The van der Waals surface area contributed by atoms with Gasteiger partial charge in [-0.05, 0) is 24.3 Å². The van der Waals surface area contributed by atoms with E-state index >= 15 is 0 Å². The lowest BCUT2D eigenvalue weighted by atomic mass is 9.85. The summed E-state index contributed by atoms with van der Waals surface area (Å²) in [6.07, 6.45) is -1.50. The van der Waals surface area contributed by atoms with Crippen molar-refractivity contribution >= 4 is 29.7 Å². The summed E-state index contributed by atoms with van der Waals surface area (Å²) in [5.74, 6) is -5.09. The number of imide groups is 1. The standard InChI is InChI=1S/C24H23N7O6/c25-21-28-17-15(10-30-18(32)13-8-4-5-9-14(13)19(30)33)27-22(26)31-11-16(24(35,36)23(17,31)29-21)37-20(34)12-6-2-1-3-7-12/h1-9,15-17,35-36H,10-11H2,(H2,26,27)(H3,25,28,29)/t15?,16-,17?,23?/m0/s1. The zero-order chi connectivity index (χ0) is 26.1. The molecule has 4 aliphatic heterocycles. The predicted molar refractivity (Wildman–Crippen MR) is 126 cm³/mol. The molecule has 3 unspecified atom stereocenters. The van der Waals surface area contributed by atoms with E-state index in [1.54, 1.807) is 42.5 Å². The maximum atomic E-state index is 13.0. The summed E-state index contributed by atoms with van der Waals surface area (Å²) in [5.41, 5.74) is -1.18. The van der Waals surface area contributed by atoms with Crippen molar-refractivity contribution < 1.29 is 29.3 Å². The molecule has 2 aromatic rings. The van der Waals surface area contributed by atoms with Crippen LogP contribution in [-0.4, -0.2) is 92.4 Å². The fourth-order valence-electron chi connectivity index (χ4n) is 5.64. The van der Waals surface area contributed by atoms with Gasteiger partial charge in [0.2, 0.25) is 5.79 Å². The number of carbonyl (C=O) groups excluding carboxylic acids is 3. The van der Waals surface area contributed by atoms with Crippen LogP contribution in [0.15, 0.2) is 54.6 Å². The molecule has 0 radical (unpaired) electrons. The summed E-state index contributed by atoms with van der Waals surface area (Å²) in [6.45, 7) is -0.489. The molecular formula is C24H23N7O6. The average Bonchev–Trinajstić information content (AvgIpc) is 3.44. The highest BCUT2D eigenvalue weighted by Gasteiger charge is 2.75. The Hall–Kier alpha value is -4.49. The minimum absolute atomic E-state index is 0.208. The van der Waals surface area contributed by atoms with Gasteiger partial charge < -0.3 is 35.8 Å². The second kappa shape index (κ2) is 7.75. The first-order valence-electron chi connectivity index (χ1n) is 11.6. The Morgan fingerprint density at radius 3 is 2.27 bits per heavy atom. The van der Waals surface area contributed by atoms with Crippen LogP contribution in [0.4, 0.5) is 0 Å². The molecule has 190 valence electrons. The maximum absolute atomic E-state index is 13.0. The first kappa shape index (κ1) is 22.9. The minimum atomic E-state index is -2.77. The Balaban J connectivity index is 1.31. The van der Waals surface area contributed by atoms with E-state index in [0.717, 1.165) is 4.90 Å². The second-order valence-electron chi connectivity index (χ2n) is 9.35. The molecule has 4 atom stereocenters. The number of benzene rings is 2. The van der Waals surface area contributed by atoms with Gasteiger partial charge in [-0.2, -0.15) is 0 Å². The quantitative estimate of drug-likeness (QED) is 0.148. The normalized spacial score (nSPS) is 29.2. The van der Waals surface area contributed by atoms with E-state index < -0.39 is 47.4 Å². The monoisotopic (exact) mass is 505 g/mol. The van der Waals surface area contributed by atoms with E-state index in [1.165, 1.54) is 17.0 Å². The van der Waals surface area contributed by atoms with Gasteiger partial charge >= 0.3 is 5.97 Å². The van der Waals surface area contributed by atoms with Crippen LogP contribution < -0.4 is 16.0 Å². The van der Waals surface area contributed by atoms with Crippen molar-refractivity contribution in [1.82, 2.24) is 25.8 Å². The molecule has 37 heavy (non-hydrogen) atoms. The van der Waals surface area contributed by atoms with E-state index in [0.29, 0.717) is 0 Å². The van der Waals surface area contributed by atoms with Crippen LogP contribution in [0.25, 0.3) is 0 Å². The fourth-order valence-corrected chi connectivity index (χ4v) is 5.64. The van der Waals surface area contributed by atoms with Crippen LogP contribution >= 0.6 is 0 Å². The zero-order valence-electron chi connectivity index (χ0n) is 19.3. The molecule has 3 fully saturated rings. The first-order valence-corrected chi connectivity index (χ1v) is 11.6. The summed E-state index contributed by atoms with van der Waals surface area (Å²) < 4.78 is 5.47. The largest absolute Gasteiger partial charge is 0.451 e. The number of nitrogens with zero attached hydrogens (tertiary/aromatic N) is 2. The topological polar surface area (TPSA) is 191 Å². The summed E-state index contributed by atoms with van der Waals surface area (Å²) in [6, 6.07) is 12.5. The molecule has 4 aliphatic rings. The molecule has 4 heterocycles. The Kier molecular flexibility index (Phi) is 4.81. The predicted octanol–water partition coefficient (Wildman–Crippen LogP) is -1.40. The number of ether oxygens (including phenoxy) is 1. The van der Waals surface area contributed by atoms with Gasteiger partial charge in [-0.25, -0.2) is 4.79 Å². The van der Waals surface area contributed by atoms with E-state index in [4.69, 9.17) is 15.6 Å². The number of nitrogens with one attached hydrogen (secondary N) is 5. The third-order valence-corrected chi connectivity index (χ3v) is 7.36. The van der Waals surface area contributed by atoms with Crippen molar-refractivity contribution in [2.24, 2.45) is 0 Å². The van der Waals surface area contributed by atoms with Crippen LogP contribution in [0.2, 0.25) is 0 Å². The lowest BCUT2D eigenvalue weighted by Gasteiger charge is -2.51. The van der Waals surface area contributed by atoms with E-state index in [2.05, 4.69) is 16.0 Å². The number of aliphatic hydroxyl groups is 2. The third kappa shape index (κ3) is 3.07. The summed E-state index contributed by atoms with van der Waals surface area (Å²) in [5, 5.41) is 48.2. The summed E-state index contributed by atoms with van der Waals surface area (Å²) >= 11 is 0. The van der Waals surface area contributed by atoms with Gasteiger partial charge in [0.25, 0.3) is 11.8 Å². The Bertz CT molecular complexity index is 1330. The van der Waals surface area contributed by atoms with E-state index in [1.807, 2.05) is 0 Å². The summed E-state index contributed by atoms with van der Waals surface area (Å²) in [7, 11) is 0. The molecule has 0 aliphatic carbocycles.